The molecule has 0 unspecified atom stereocenters. The Bertz CT molecular complexity index is 753. The van der Waals surface area contributed by atoms with Crippen LogP contribution in [0.3, 0.4) is 0 Å². The molecule has 1 aromatic heterocycles. The highest BCUT2D eigenvalue weighted by molar-refractivity contribution is 6.03. The highest BCUT2D eigenvalue weighted by Gasteiger charge is 2.15. The van der Waals surface area contributed by atoms with E-state index in [-0.39, 0.29) is 24.1 Å². The zero-order chi connectivity index (χ0) is 18.4. The second-order valence-electron chi connectivity index (χ2n) is 6.24. The molecule has 2 rings (SSSR count). The van der Waals surface area contributed by atoms with Crippen LogP contribution < -0.4 is 10.6 Å². The Balaban J connectivity index is 2.09. The Morgan fingerprint density at radius 1 is 1.24 bits per heavy atom. The fourth-order valence-corrected chi connectivity index (χ4v) is 2.27. The molecule has 7 heteroatoms. The highest BCUT2D eigenvalue weighted by Crippen LogP contribution is 2.21. The highest BCUT2D eigenvalue weighted by atomic mass is 16.5. The van der Waals surface area contributed by atoms with Crippen LogP contribution in [0.5, 0.6) is 0 Å². The van der Waals surface area contributed by atoms with Crippen LogP contribution in [-0.4, -0.2) is 30.7 Å². The van der Waals surface area contributed by atoms with E-state index in [1.165, 1.54) is 7.11 Å². The van der Waals surface area contributed by atoms with Crippen molar-refractivity contribution in [2.24, 2.45) is 5.92 Å². The van der Waals surface area contributed by atoms with E-state index in [0.717, 1.165) is 12.0 Å². The van der Waals surface area contributed by atoms with Gasteiger partial charge in [-0.25, -0.2) is 0 Å². The summed E-state index contributed by atoms with van der Waals surface area (Å²) in [5.41, 5.74) is 2.25. The Morgan fingerprint density at radius 2 is 2.00 bits per heavy atom. The number of carbonyl (C=O) groups is 2. The van der Waals surface area contributed by atoms with E-state index in [4.69, 9.17) is 9.26 Å². The summed E-state index contributed by atoms with van der Waals surface area (Å²) >= 11 is 0. The normalized spacial score (nSPS) is 10.8. The zero-order valence-electron chi connectivity index (χ0n) is 14.9. The summed E-state index contributed by atoms with van der Waals surface area (Å²) in [5, 5.41) is 9.31. The summed E-state index contributed by atoms with van der Waals surface area (Å²) in [7, 11) is 1.45. The van der Waals surface area contributed by atoms with Gasteiger partial charge in [0, 0.05) is 31.0 Å². The third kappa shape index (κ3) is 5.42. The zero-order valence-corrected chi connectivity index (χ0v) is 14.9. The maximum absolute atomic E-state index is 12.4. The van der Waals surface area contributed by atoms with E-state index in [9.17, 15) is 9.59 Å². The molecule has 0 radical (unpaired) electrons. The molecule has 0 saturated heterocycles. The fourth-order valence-electron chi connectivity index (χ4n) is 2.27. The number of anilines is 2. The van der Waals surface area contributed by atoms with Gasteiger partial charge in [0.25, 0.3) is 5.91 Å². The second-order valence-corrected chi connectivity index (χ2v) is 6.24. The molecule has 0 aliphatic carbocycles. The summed E-state index contributed by atoms with van der Waals surface area (Å²) in [6, 6.07) is 6.91. The predicted molar refractivity (Wildman–Crippen MR) is 94.7 cm³/mol. The molecule has 2 N–H and O–H groups in total. The molecule has 1 heterocycles. The maximum atomic E-state index is 12.4. The van der Waals surface area contributed by atoms with Crippen molar-refractivity contribution in [3.8, 4) is 0 Å². The van der Waals surface area contributed by atoms with E-state index >= 15 is 0 Å². The first-order valence-electron chi connectivity index (χ1n) is 8.05. The van der Waals surface area contributed by atoms with Gasteiger partial charge < -0.3 is 19.9 Å². The van der Waals surface area contributed by atoms with Gasteiger partial charge >= 0.3 is 0 Å². The third-order valence-corrected chi connectivity index (χ3v) is 3.45. The molecule has 0 aliphatic heterocycles. The molecular formula is C18H23N3O4. The first kappa shape index (κ1) is 18.7. The fraction of sp³-hybridized carbons (Fsp3) is 0.389. The second kappa shape index (κ2) is 8.43. The molecule has 2 amide bonds. The molecular weight excluding hydrogens is 322 g/mol. The van der Waals surface area contributed by atoms with Crippen molar-refractivity contribution < 1.29 is 18.8 Å². The number of aryl methyl sites for hydroxylation is 1. The SMILES string of the molecule is COCC(=O)Nc1ccc(C)c(NC(=O)c2cc(CC(C)C)on2)c1. The first-order valence-corrected chi connectivity index (χ1v) is 8.05. The Hall–Kier alpha value is -2.67. The van der Waals surface area contributed by atoms with Crippen molar-refractivity contribution in [2.75, 3.05) is 24.4 Å². The lowest BCUT2D eigenvalue weighted by molar-refractivity contribution is -0.119. The van der Waals surface area contributed by atoms with Crippen LogP contribution in [0.15, 0.2) is 28.8 Å². The minimum atomic E-state index is -0.359. The third-order valence-electron chi connectivity index (χ3n) is 3.45. The van der Waals surface area contributed by atoms with Crippen molar-refractivity contribution in [3.63, 3.8) is 0 Å². The number of hydrogen-bond acceptors (Lipinski definition) is 5. The van der Waals surface area contributed by atoms with Gasteiger partial charge in [0.15, 0.2) is 5.69 Å². The molecule has 1 aromatic carbocycles. The van der Waals surface area contributed by atoms with Crippen molar-refractivity contribution in [1.82, 2.24) is 5.16 Å². The molecule has 25 heavy (non-hydrogen) atoms. The van der Waals surface area contributed by atoms with Crippen molar-refractivity contribution in [1.29, 1.82) is 0 Å². The number of hydrogen-bond donors (Lipinski definition) is 2. The van der Waals surface area contributed by atoms with Gasteiger partial charge in [-0.1, -0.05) is 25.1 Å². The number of carbonyl (C=O) groups excluding carboxylic acids is 2. The quantitative estimate of drug-likeness (QED) is 0.804. The Labute approximate surface area is 146 Å². The van der Waals surface area contributed by atoms with Crippen LogP contribution in [0.25, 0.3) is 0 Å². The topological polar surface area (TPSA) is 93.5 Å². The molecule has 0 fully saturated rings. The van der Waals surface area contributed by atoms with Crippen molar-refractivity contribution in [3.05, 3.63) is 41.3 Å². The van der Waals surface area contributed by atoms with Gasteiger partial charge in [-0.3, -0.25) is 9.59 Å². The van der Waals surface area contributed by atoms with Crippen molar-refractivity contribution in [2.45, 2.75) is 27.2 Å². The van der Waals surface area contributed by atoms with E-state index in [1.807, 2.05) is 13.0 Å². The lowest BCUT2D eigenvalue weighted by atomic mass is 10.1. The molecule has 0 spiro atoms. The van der Waals surface area contributed by atoms with E-state index < -0.39 is 0 Å². The molecule has 134 valence electrons. The van der Waals surface area contributed by atoms with E-state index in [1.54, 1.807) is 18.2 Å². The summed E-state index contributed by atoms with van der Waals surface area (Å²) < 4.78 is 9.97. The number of amides is 2. The number of nitrogens with one attached hydrogen (secondary N) is 2. The average molecular weight is 345 g/mol. The number of rotatable bonds is 7. The summed E-state index contributed by atoms with van der Waals surface area (Å²) in [4.78, 5) is 24.0. The molecule has 0 aliphatic rings. The number of aromatic nitrogens is 1. The summed E-state index contributed by atoms with van der Waals surface area (Å²) in [5.74, 6) is 0.469. The van der Waals surface area contributed by atoms with Crippen LogP contribution >= 0.6 is 0 Å². The van der Waals surface area contributed by atoms with Crippen LogP contribution in [0, 0.1) is 12.8 Å². The monoisotopic (exact) mass is 345 g/mol. The standard InChI is InChI=1S/C18H23N3O4/c1-11(2)7-14-9-16(21-25-14)18(23)20-15-8-13(6-5-12(15)3)19-17(22)10-24-4/h5-6,8-9,11H,7,10H2,1-4H3,(H,19,22)(H,20,23). The van der Waals surface area contributed by atoms with Crippen LogP contribution in [0.4, 0.5) is 11.4 Å². The van der Waals surface area contributed by atoms with Crippen molar-refractivity contribution >= 4 is 23.2 Å². The molecule has 7 nitrogen and oxygen atoms in total. The molecule has 0 atom stereocenters. The lowest BCUT2D eigenvalue weighted by Gasteiger charge is -2.10. The maximum Gasteiger partial charge on any atom is 0.277 e. The lowest BCUT2D eigenvalue weighted by Crippen LogP contribution is -2.18. The largest absolute Gasteiger partial charge is 0.375 e. The summed E-state index contributed by atoms with van der Waals surface area (Å²) in [6.07, 6.45) is 0.723. The summed E-state index contributed by atoms with van der Waals surface area (Å²) in [6.45, 7) is 5.96. The van der Waals surface area contributed by atoms with Gasteiger partial charge in [0.1, 0.15) is 12.4 Å². The molecule has 0 saturated carbocycles. The van der Waals surface area contributed by atoms with Gasteiger partial charge in [-0.2, -0.15) is 0 Å². The molecule has 0 bridgehead atoms. The minimum absolute atomic E-state index is 0.0346. The van der Waals surface area contributed by atoms with Crippen LogP contribution in [-0.2, 0) is 16.0 Å². The Kier molecular flexibility index (Phi) is 6.30. The van der Waals surface area contributed by atoms with E-state index in [0.29, 0.717) is 23.1 Å². The number of ether oxygens (including phenoxy) is 1. The minimum Gasteiger partial charge on any atom is -0.375 e. The van der Waals surface area contributed by atoms with Gasteiger partial charge in [0.05, 0.1) is 0 Å². The average Bonchev–Trinajstić information content (AvgIpc) is 2.98. The number of methoxy groups -OCH3 is 1. The number of benzene rings is 1. The van der Waals surface area contributed by atoms with Crippen LogP contribution in [0.2, 0.25) is 0 Å². The Morgan fingerprint density at radius 3 is 2.68 bits per heavy atom. The predicted octanol–water partition coefficient (Wildman–Crippen LogP) is 3.02. The van der Waals surface area contributed by atoms with Gasteiger partial charge in [-0.05, 0) is 30.5 Å². The van der Waals surface area contributed by atoms with Gasteiger partial charge in [-0.15, -0.1) is 0 Å². The van der Waals surface area contributed by atoms with E-state index in [2.05, 4.69) is 29.6 Å². The smallest absolute Gasteiger partial charge is 0.277 e. The first-order chi connectivity index (χ1) is 11.9. The van der Waals surface area contributed by atoms with Gasteiger partial charge in [0.2, 0.25) is 5.91 Å². The van der Waals surface area contributed by atoms with Crippen LogP contribution in [0.1, 0.15) is 35.7 Å². The number of nitrogens with zero attached hydrogens (tertiary/aromatic N) is 1. The molecule has 2 aromatic rings.